The monoisotopic (exact) mass is 728 g/mol. The zero-order valence-corrected chi connectivity index (χ0v) is 30.7. The molecule has 0 radical (unpaired) electrons. The van der Waals surface area contributed by atoms with E-state index < -0.39 is 0 Å². The smallest absolute Gasteiger partial charge is 0.238 e. The molecule has 12 aromatic rings. The lowest BCUT2D eigenvalue weighted by Crippen LogP contribution is -2.06. The minimum absolute atomic E-state index is 0.573. The van der Waals surface area contributed by atoms with E-state index in [0.717, 1.165) is 55.3 Å². The molecule has 0 amide bonds. The number of aromatic nitrogens is 6. The molecule has 0 unspecified atom stereocenters. The van der Waals surface area contributed by atoms with E-state index >= 15 is 0 Å². The number of para-hydroxylation sites is 4. The first-order chi connectivity index (χ1) is 28.3. The molecule has 0 spiro atoms. The lowest BCUT2D eigenvalue weighted by Gasteiger charge is -2.13. The van der Waals surface area contributed by atoms with Gasteiger partial charge in [-0.25, -0.2) is 4.98 Å². The molecular weight excluding hydrogens is 697 g/mol. The van der Waals surface area contributed by atoms with Gasteiger partial charge in [-0.3, -0.25) is 4.57 Å². The van der Waals surface area contributed by atoms with Crippen LogP contribution in [0.1, 0.15) is 0 Å². The fourth-order valence-electron chi connectivity index (χ4n) is 8.86. The van der Waals surface area contributed by atoms with E-state index in [2.05, 4.69) is 147 Å². The average Bonchev–Trinajstić information content (AvgIpc) is 3.92. The third-order valence-corrected chi connectivity index (χ3v) is 11.3. The van der Waals surface area contributed by atoms with Crippen molar-refractivity contribution in [1.82, 2.24) is 28.7 Å². The van der Waals surface area contributed by atoms with Crippen LogP contribution in [0.2, 0.25) is 0 Å². The molecule has 0 aliphatic heterocycles. The minimum Gasteiger partial charge on any atom is -0.309 e. The molecule has 4 heterocycles. The number of hydrogen-bond acceptors (Lipinski definition) is 3. The first-order valence-electron chi connectivity index (χ1n) is 19.2. The SMILES string of the molecule is c1ccc(-c2nc(-c3ccccc3)nc(-n3c4ccccc4c4c(-n5c6ccccc6c6cc(-n7c8ccccc8c8ccccc87)ccc65)cccc43)n2)cc1. The normalized spacial score (nSPS) is 11.9. The Balaban J connectivity index is 1.13. The van der Waals surface area contributed by atoms with E-state index in [1.54, 1.807) is 0 Å². The number of nitrogens with zero attached hydrogens (tertiary/aromatic N) is 6. The van der Waals surface area contributed by atoms with Crippen molar-refractivity contribution < 1.29 is 0 Å². The Morgan fingerprint density at radius 3 is 1.35 bits per heavy atom. The summed E-state index contributed by atoms with van der Waals surface area (Å²) in [6, 6.07) is 68.5. The van der Waals surface area contributed by atoms with Gasteiger partial charge in [0.1, 0.15) is 0 Å². The van der Waals surface area contributed by atoms with Crippen LogP contribution in [0, 0.1) is 0 Å². The van der Waals surface area contributed by atoms with Gasteiger partial charge in [-0.15, -0.1) is 0 Å². The Morgan fingerprint density at radius 2 is 0.754 bits per heavy atom. The highest BCUT2D eigenvalue weighted by molar-refractivity contribution is 6.17. The standard InChI is InChI=1S/C51H32N6/c1-3-16-33(17-4-1)49-52-50(34-18-5-2-6-19-34)54-51(53-49)57-44-27-14-10-23-39(44)48-46(28-15-29-47(48)57)56-43-26-13-9-22-38(43)40-32-35(30-31-45(40)56)55-41-24-11-7-20-36(41)37-21-8-12-25-42(37)55/h1-32H. The quantitative estimate of drug-likeness (QED) is 0.177. The lowest BCUT2D eigenvalue weighted by molar-refractivity contribution is 0.953. The van der Waals surface area contributed by atoms with Gasteiger partial charge in [0, 0.05) is 49.1 Å². The van der Waals surface area contributed by atoms with Crippen LogP contribution in [-0.2, 0) is 0 Å². The summed E-state index contributed by atoms with van der Waals surface area (Å²) in [6.45, 7) is 0. The van der Waals surface area contributed by atoms with Crippen LogP contribution in [0.5, 0.6) is 0 Å². The Kier molecular flexibility index (Phi) is 6.83. The molecule has 4 aromatic heterocycles. The largest absolute Gasteiger partial charge is 0.309 e. The van der Waals surface area contributed by atoms with Gasteiger partial charge in [0.15, 0.2) is 11.6 Å². The summed E-state index contributed by atoms with van der Waals surface area (Å²) in [5.41, 5.74) is 10.8. The first kappa shape index (κ1) is 31.5. The predicted octanol–water partition coefficient (Wildman–Crippen LogP) is 12.5. The van der Waals surface area contributed by atoms with Crippen LogP contribution in [0.3, 0.4) is 0 Å². The predicted molar refractivity (Wildman–Crippen MR) is 234 cm³/mol. The first-order valence-corrected chi connectivity index (χ1v) is 19.2. The molecule has 0 bridgehead atoms. The number of fused-ring (bicyclic) bond motifs is 9. The number of benzene rings is 8. The van der Waals surface area contributed by atoms with Crippen molar-refractivity contribution in [1.29, 1.82) is 0 Å². The molecule has 0 saturated heterocycles. The van der Waals surface area contributed by atoms with Gasteiger partial charge in [0.05, 0.1) is 38.8 Å². The van der Waals surface area contributed by atoms with Gasteiger partial charge < -0.3 is 9.13 Å². The molecule has 0 aliphatic rings. The van der Waals surface area contributed by atoms with Gasteiger partial charge >= 0.3 is 0 Å². The van der Waals surface area contributed by atoms with E-state index in [1.807, 2.05) is 60.7 Å². The third kappa shape index (κ3) is 4.74. The van der Waals surface area contributed by atoms with Crippen molar-refractivity contribution in [2.24, 2.45) is 0 Å². The van der Waals surface area contributed by atoms with Crippen LogP contribution in [0.25, 0.3) is 106 Å². The highest BCUT2D eigenvalue weighted by Gasteiger charge is 2.22. The Hall–Kier alpha value is -7.83. The second-order valence-electron chi connectivity index (χ2n) is 14.5. The topological polar surface area (TPSA) is 53.5 Å². The van der Waals surface area contributed by atoms with E-state index in [0.29, 0.717) is 17.6 Å². The summed E-state index contributed by atoms with van der Waals surface area (Å²) < 4.78 is 7.02. The maximum atomic E-state index is 5.17. The summed E-state index contributed by atoms with van der Waals surface area (Å²) in [5.74, 6) is 1.83. The molecule has 6 heteroatoms. The van der Waals surface area contributed by atoms with Crippen molar-refractivity contribution in [3.8, 4) is 40.1 Å². The fraction of sp³-hybridized carbons (Fsp3) is 0. The molecule has 12 rings (SSSR count). The summed E-state index contributed by atoms with van der Waals surface area (Å²) in [6.07, 6.45) is 0. The zero-order valence-electron chi connectivity index (χ0n) is 30.7. The van der Waals surface area contributed by atoms with Crippen LogP contribution in [-0.4, -0.2) is 28.7 Å². The molecule has 8 aromatic carbocycles. The van der Waals surface area contributed by atoms with E-state index in [4.69, 9.17) is 15.0 Å². The van der Waals surface area contributed by atoms with Crippen molar-refractivity contribution in [3.05, 3.63) is 194 Å². The van der Waals surface area contributed by atoms with Gasteiger partial charge in [-0.1, -0.05) is 140 Å². The summed E-state index contributed by atoms with van der Waals surface area (Å²) in [4.78, 5) is 15.3. The van der Waals surface area contributed by atoms with Crippen LogP contribution >= 0.6 is 0 Å². The Bertz CT molecular complexity index is 3410. The van der Waals surface area contributed by atoms with Crippen molar-refractivity contribution in [3.63, 3.8) is 0 Å². The van der Waals surface area contributed by atoms with Crippen LogP contribution in [0.4, 0.5) is 0 Å². The third-order valence-electron chi connectivity index (χ3n) is 11.3. The Morgan fingerprint density at radius 1 is 0.298 bits per heavy atom. The zero-order chi connectivity index (χ0) is 37.5. The van der Waals surface area contributed by atoms with Crippen LogP contribution in [0.15, 0.2) is 194 Å². The second-order valence-corrected chi connectivity index (χ2v) is 14.5. The molecular formula is C51H32N6. The second kappa shape index (κ2) is 12.3. The molecule has 0 atom stereocenters. The number of rotatable bonds is 5. The summed E-state index contributed by atoms with van der Waals surface area (Å²) in [5, 5.41) is 7.16. The fourth-order valence-corrected chi connectivity index (χ4v) is 8.86. The maximum absolute atomic E-state index is 5.17. The molecule has 0 saturated carbocycles. The van der Waals surface area contributed by atoms with E-state index in [1.165, 1.54) is 32.6 Å². The Labute approximate surface area is 327 Å². The van der Waals surface area contributed by atoms with Gasteiger partial charge in [-0.05, 0) is 54.6 Å². The van der Waals surface area contributed by atoms with Gasteiger partial charge in [0.2, 0.25) is 5.95 Å². The highest BCUT2D eigenvalue weighted by atomic mass is 15.2. The highest BCUT2D eigenvalue weighted by Crippen LogP contribution is 2.41. The van der Waals surface area contributed by atoms with Gasteiger partial charge in [0.25, 0.3) is 0 Å². The lowest BCUT2D eigenvalue weighted by atomic mass is 10.1. The molecule has 0 fully saturated rings. The molecule has 6 nitrogen and oxygen atoms in total. The van der Waals surface area contributed by atoms with Crippen molar-refractivity contribution in [2.75, 3.05) is 0 Å². The number of hydrogen-bond donors (Lipinski definition) is 0. The molecule has 266 valence electrons. The minimum atomic E-state index is 0.573. The van der Waals surface area contributed by atoms with Crippen molar-refractivity contribution in [2.45, 2.75) is 0 Å². The molecule has 0 N–H and O–H groups in total. The molecule has 0 aliphatic carbocycles. The van der Waals surface area contributed by atoms with Gasteiger partial charge in [-0.2, -0.15) is 9.97 Å². The molecule has 57 heavy (non-hydrogen) atoms. The van der Waals surface area contributed by atoms with E-state index in [9.17, 15) is 0 Å². The summed E-state index contributed by atoms with van der Waals surface area (Å²) in [7, 11) is 0. The maximum Gasteiger partial charge on any atom is 0.238 e. The van der Waals surface area contributed by atoms with Crippen LogP contribution < -0.4 is 0 Å². The summed E-state index contributed by atoms with van der Waals surface area (Å²) >= 11 is 0. The van der Waals surface area contributed by atoms with E-state index in [-0.39, 0.29) is 0 Å². The average molecular weight is 729 g/mol. The van der Waals surface area contributed by atoms with Crippen molar-refractivity contribution >= 4 is 65.4 Å².